The van der Waals surface area contributed by atoms with E-state index in [0.29, 0.717) is 5.95 Å². The molecule has 5 heteroatoms. The van der Waals surface area contributed by atoms with Crippen LogP contribution in [0.15, 0.2) is 17.6 Å². The lowest BCUT2D eigenvalue weighted by Gasteiger charge is -2.17. The summed E-state index contributed by atoms with van der Waals surface area (Å²) in [5, 5.41) is 2.83. The van der Waals surface area contributed by atoms with Crippen LogP contribution in [-0.2, 0) is 0 Å². The Balaban J connectivity index is 3.12. The Kier molecular flexibility index (Phi) is 1.90. The Morgan fingerprint density at radius 1 is 1.55 bits per heavy atom. The van der Waals surface area contributed by atoms with E-state index in [9.17, 15) is 4.91 Å². The van der Waals surface area contributed by atoms with Crippen molar-refractivity contribution in [2.24, 2.45) is 5.18 Å². The standard InChI is InChI=1S/C6H11N3OSi/c1-11(2,3)9-5-4-7-6(9)8-10/h4-5H,1-3H3. The largest absolute Gasteiger partial charge is 0.341 e. The molecule has 1 rings (SSSR count). The molecular weight excluding hydrogens is 158 g/mol. The van der Waals surface area contributed by atoms with Crippen LogP contribution in [0.25, 0.3) is 0 Å². The smallest absolute Gasteiger partial charge is 0.263 e. The fourth-order valence-corrected chi connectivity index (χ4v) is 2.10. The number of aromatic nitrogens is 2. The molecule has 1 aromatic heterocycles. The fraction of sp³-hybridized carbons (Fsp3) is 0.500. The van der Waals surface area contributed by atoms with Gasteiger partial charge in [0.15, 0.2) is 8.24 Å². The van der Waals surface area contributed by atoms with Crippen LogP contribution >= 0.6 is 0 Å². The van der Waals surface area contributed by atoms with Crippen LogP contribution in [0.2, 0.25) is 19.6 Å². The molecule has 4 nitrogen and oxygen atoms in total. The molecule has 60 valence electrons. The Bertz CT molecular complexity index is 263. The number of imidazole rings is 1. The van der Waals surface area contributed by atoms with Crippen LogP contribution in [0.1, 0.15) is 0 Å². The molecule has 0 fully saturated rings. The summed E-state index contributed by atoms with van der Waals surface area (Å²) in [6, 6.07) is 0. The van der Waals surface area contributed by atoms with E-state index in [-0.39, 0.29) is 0 Å². The second-order valence-electron chi connectivity index (χ2n) is 3.36. The zero-order chi connectivity index (χ0) is 8.48. The van der Waals surface area contributed by atoms with Crippen LogP contribution < -0.4 is 0 Å². The lowest BCUT2D eigenvalue weighted by molar-refractivity contribution is 1.10. The molecule has 0 aromatic carbocycles. The maximum atomic E-state index is 10.2. The van der Waals surface area contributed by atoms with Crippen molar-refractivity contribution in [3.8, 4) is 0 Å². The molecule has 0 bridgehead atoms. The van der Waals surface area contributed by atoms with Crippen molar-refractivity contribution in [3.63, 3.8) is 0 Å². The topological polar surface area (TPSA) is 47.2 Å². The summed E-state index contributed by atoms with van der Waals surface area (Å²) >= 11 is 0. The van der Waals surface area contributed by atoms with Crippen molar-refractivity contribution in [2.75, 3.05) is 0 Å². The summed E-state index contributed by atoms with van der Waals surface area (Å²) in [6.07, 6.45) is 3.41. The van der Waals surface area contributed by atoms with Gasteiger partial charge in [-0.3, -0.25) is 0 Å². The molecule has 1 heterocycles. The SMILES string of the molecule is C[Si](C)(C)n1ccnc1N=O. The Hall–Kier alpha value is -0.973. The minimum absolute atomic E-state index is 0.296. The highest BCUT2D eigenvalue weighted by Gasteiger charge is 2.19. The predicted molar refractivity (Wildman–Crippen MR) is 46.4 cm³/mol. The molecule has 0 aliphatic rings. The lowest BCUT2D eigenvalue weighted by atomic mass is 11.0. The molecule has 0 atom stereocenters. The average Bonchev–Trinajstić information content (AvgIpc) is 2.31. The quantitative estimate of drug-likeness (QED) is 0.502. The van der Waals surface area contributed by atoms with Crippen molar-refractivity contribution in [1.82, 2.24) is 9.22 Å². The molecular formula is C6H11N3OSi. The first kappa shape index (κ1) is 8.13. The summed E-state index contributed by atoms with van der Waals surface area (Å²) in [6.45, 7) is 6.38. The summed E-state index contributed by atoms with van der Waals surface area (Å²) in [5.74, 6) is 0.296. The van der Waals surface area contributed by atoms with Crippen LogP contribution in [0, 0.1) is 4.91 Å². The molecule has 0 aliphatic carbocycles. The maximum absolute atomic E-state index is 10.2. The predicted octanol–water partition coefficient (Wildman–Crippen LogP) is 1.96. The molecule has 0 radical (unpaired) electrons. The summed E-state index contributed by atoms with van der Waals surface area (Å²) in [5.41, 5.74) is 0. The van der Waals surface area contributed by atoms with Gasteiger partial charge in [-0.25, -0.2) is 4.98 Å². The molecule has 0 saturated carbocycles. The van der Waals surface area contributed by atoms with E-state index in [2.05, 4.69) is 29.8 Å². The highest BCUT2D eigenvalue weighted by Crippen LogP contribution is 2.15. The minimum atomic E-state index is -1.49. The van der Waals surface area contributed by atoms with Crippen molar-refractivity contribution in [1.29, 1.82) is 0 Å². The Labute approximate surface area is 66.3 Å². The Morgan fingerprint density at radius 3 is 2.55 bits per heavy atom. The third-order valence-corrected chi connectivity index (χ3v) is 3.22. The normalized spacial score (nSPS) is 11.5. The average molecular weight is 169 g/mol. The van der Waals surface area contributed by atoms with Gasteiger partial charge in [0, 0.05) is 17.6 Å². The first-order valence-electron chi connectivity index (χ1n) is 3.43. The van der Waals surface area contributed by atoms with Crippen LogP contribution in [0.3, 0.4) is 0 Å². The van der Waals surface area contributed by atoms with Crippen LogP contribution in [0.4, 0.5) is 5.95 Å². The van der Waals surface area contributed by atoms with E-state index in [0.717, 1.165) is 0 Å². The van der Waals surface area contributed by atoms with Gasteiger partial charge in [-0.1, -0.05) is 19.6 Å². The zero-order valence-corrected chi connectivity index (χ0v) is 7.90. The summed E-state index contributed by atoms with van der Waals surface area (Å²) < 4.78 is 1.88. The number of hydrogen-bond donors (Lipinski definition) is 0. The van der Waals surface area contributed by atoms with Gasteiger partial charge in [-0.2, -0.15) is 0 Å². The van der Waals surface area contributed by atoms with Crippen LogP contribution in [0.5, 0.6) is 0 Å². The Morgan fingerprint density at radius 2 is 2.18 bits per heavy atom. The molecule has 0 unspecified atom stereocenters. The molecule has 0 aliphatic heterocycles. The fourth-order valence-electron chi connectivity index (χ4n) is 0.887. The van der Waals surface area contributed by atoms with Gasteiger partial charge in [-0.05, 0) is 0 Å². The van der Waals surface area contributed by atoms with Crippen molar-refractivity contribution >= 4 is 14.2 Å². The number of rotatable bonds is 2. The van der Waals surface area contributed by atoms with E-state index in [1.807, 2.05) is 10.4 Å². The van der Waals surface area contributed by atoms with E-state index >= 15 is 0 Å². The van der Waals surface area contributed by atoms with Gasteiger partial charge in [0.2, 0.25) is 0 Å². The number of nitrogens with zero attached hydrogens (tertiary/aromatic N) is 3. The maximum Gasteiger partial charge on any atom is 0.263 e. The summed E-state index contributed by atoms with van der Waals surface area (Å²) in [7, 11) is -1.49. The number of nitroso groups, excluding NO2 is 1. The third kappa shape index (κ3) is 1.54. The first-order valence-corrected chi connectivity index (χ1v) is 6.87. The van der Waals surface area contributed by atoms with Gasteiger partial charge >= 0.3 is 0 Å². The molecule has 11 heavy (non-hydrogen) atoms. The minimum Gasteiger partial charge on any atom is -0.341 e. The van der Waals surface area contributed by atoms with Crippen molar-refractivity contribution in [2.45, 2.75) is 19.6 Å². The van der Waals surface area contributed by atoms with Crippen molar-refractivity contribution in [3.05, 3.63) is 17.3 Å². The third-order valence-electron chi connectivity index (χ3n) is 1.43. The molecule has 0 amide bonds. The lowest BCUT2D eigenvalue weighted by Crippen LogP contribution is -2.30. The second kappa shape index (κ2) is 2.58. The molecule has 0 spiro atoms. The zero-order valence-electron chi connectivity index (χ0n) is 6.90. The van der Waals surface area contributed by atoms with Gasteiger partial charge in [-0.15, -0.1) is 4.91 Å². The van der Waals surface area contributed by atoms with E-state index < -0.39 is 8.24 Å². The van der Waals surface area contributed by atoms with Gasteiger partial charge in [0.05, 0.1) is 0 Å². The van der Waals surface area contributed by atoms with E-state index in [1.165, 1.54) is 0 Å². The number of hydrogen-bond acceptors (Lipinski definition) is 3. The summed E-state index contributed by atoms with van der Waals surface area (Å²) in [4.78, 5) is 14.0. The highest BCUT2D eigenvalue weighted by molar-refractivity contribution is 6.74. The second-order valence-corrected chi connectivity index (χ2v) is 8.18. The van der Waals surface area contributed by atoms with Gasteiger partial charge in [0.25, 0.3) is 5.95 Å². The van der Waals surface area contributed by atoms with E-state index in [1.54, 1.807) is 6.20 Å². The highest BCUT2D eigenvalue weighted by atomic mass is 28.3. The first-order chi connectivity index (χ1) is 5.05. The van der Waals surface area contributed by atoms with Gasteiger partial charge in [0.1, 0.15) is 0 Å². The monoisotopic (exact) mass is 169 g/mol. The molecule has 0 N–H and O–H groups in total. The van der Waals surface area contributed by atoms with Crippen LogP contribution in [-0.4, -0.2) is 17.5 Å². The molecule has 0 saturated heterocycles. The van der Waals surface area contributed by atoms with E-state index in [4.69, 9.17) is 0 Å². The van der Waals surface area contributed by atoms with Crippen molar-refractivity contribution < 1.29 is 0 Å². The van der Waals surface area contributed by atoms with Gasteiger partial charge < -0.3 is 4.23 Å². The molecule has 1 aromatic rings.